The van der Waals surface area contributed by atoms with Crippen LogP contribution in [0.1, 0.15) is 50.8 Å². The third-order valence-electron chi connectivity index (χ3n) is 2.78. The normalized spacial score (nSPS) is 11.9. The molecule has 0 saturated carbocycles. The van der Waals surface area contributed by atoms with E-state index in [1.165, 1.54) is 16.8 Å². The minimum Gasteiger partial charge on any atom is -0.360 e. The average Bonchev–Trinajstić information content (AvgIpc) is 2.62. The van der Waals surface area contributed by atoms with E-state index in [2.05, 4.69) is 43.7 Å². The van der Waals surface area contributed by atoms with E-state index in [4.69, 9.17) is 0 Å². The average molecular weight is 202 g/mol. The Hall–Kier alpha value is -1.31. The van der Waals surface area contributed by atoms with Gasteiger partial charge >= 0.3 is 0 Å². The maximum Gasteiger partial charge on any atom is 0.0885 e. The first-order valence-corrected chi connectivity index (χ1v) is 5.57. The van der Waals surface area contributed by atoms with Crippen LogP contribution in [-0.2, 0) is 0 Å². The summed E-state index contributed by atoms with van der Waals surface area (Å²) >= 11 is 0. The van der Waals surface area contributed by atoms with Crippen molar-refractivity contribution in [2.24, 2.45) is 0 Å². The predicted molar refractivity (Wildman–Crippen MR) is 64.3 cm³/mol. The van der Waals surface area contributed by atoms with Crippen molar-refractivity contribution in [3.63, 3.8) is 0 Å². The summed E-state index contributed by atoms with van der Waals surface area (Å²) in [6.45, 7) is 8.81. The molecule has 0 bridgehead atoms. The van der Waals surface area contributed by atoms with Gasteiger partial charge in [-0.1, -0.05) is 27.7 Å². The molecule has 80 valence electrons. The first-order valence-electron chi connectivity index (χ1n) is 5.57. The summed E-state index contributed by atoms with van der Waals surface area (Å²) in [5.74, 6) is 1.02. The molecule has 2 nitrogen and oxygen atoms in total. The van der Waals surface area contributed by atoms with Crippen LogP contribution in [0.15, 0.2) is 18.3 Å². The Labute approximate surface area is 90.7 Å². The van der Waals surface area contributed by atoms with Crippen molar-refractivity contribution in [2.75, 3.05) is 0 Å². The zero-order chi connectivity index (χ0) is 11.0. The van der Waals surface area contributed by atoms with Gasteiger partial charge in [0.2, 0.25) is 0 Å². The molecule has 0 aromatic carbocycles. The highest BCUT2D eigenvalue weighted by Crippen LogP contribution is 2.26. The van der Waals surface area contributed by atoms with Crippen molar-refractivity contribution in [3.8, 4) is 0 Å². The lowest BCUT2D eigenvalue weighted by atomic mass is 9.99. The largest absolute Gasteiger partial charge is 0.360 e. The molecule has 0 fully saturated rings. The van der Waals surface area contributed by atoms with Crippen LogP contribution in [0.25, 0.3) is 11.0 Å². The fraction of sp³-hybridized carbons (Fsp3) is 0.462. The molecule has 0 radical (unpaired) electrons. The van der Waals surface area contributed by atoms with Crippen LogP contribution in [0.2, 0.25) is 0 Å². The minimum absolute atomic E-state index is 0.488. The van der Waals surface area contributed by atoms with E-state index in [-0.39, 0.29) is 0 Å². The molecule has 0 aliphatic rings. The van der Waals surface area contributed by atoms with Crippen molar-refractivity contribution >= 4 is 11.0 Å². The van der Waals surface area contributed by atoms with Gasteiger partial charge in [0.25, 0.3) is 0 Å². The van der Waals surface area contributed by atoms with Crippen LogP contribution >= 0.6 is 0 Å². The Kier molecular flexibility index (Phi) is 2.51. The number of fused-ring (bicyclic) bond motifs is 1. The summed E-state index contributed by atoms with van der Waals surface area (Å²) in [5, 5.41) is 0. The Balaban J connectivity index is 2.69. The fourth-order valence-electron chi connectivity index (χ4n) is 1.84. The molecule has 15 heavy (non-hydrogen) atoms. The van der Waals surface area contributed by atoms with E-state index in [0.717, 1.165) is 5.52 Å². The number of hydrogen-bond donors (Lipinski definition) is 1. The van der Waals surface area contributed by atoms with Gasteiger partial charge in [-0.2, -0.15) is 0 Å². The van der Waals surface area contributed by atoms with Crippen LogP contribution in [0.4, 0.5) is 0 Å². The number of aromatic nitrogens is 2. The summed E-state index contributed by atoms with van der Waals surface area (Å²) in [5.41, 5.74) is 4.83. The van der Waals surface area contributed by atoms with E-state index in [1.807, 2.05) is 12.3 Å². The van der Waals surface area contributed by atoms with E-state index >= 15 is 0 Å². The predicted octanol–water partition coefficient (Wildman–Crippen LogP) is 3.81. The molecule has 0 aliphatic carbocycles. The molecular weight excluding hydrogens is 184 g/mol. The molecule has 2 aromatic rings. The lowest BCUT2D eigenvalue weighted by molar-refractivity contribution is 0.810. The van der Waals surface area contributed by atoms with Crippen molar-refractivity contribution in [1.82, 2.24) is 9.97 Å². The smallest absolute Gasteiger partial charge is 0.0885 e. The summed E-state index contributed by atoms with van der Waals surface area (Å²) in [6, 6.07) is 4.28. The number of nitrogens with one attached hydrogen (secondary N) is 1. The molecule has 0 saturated heterocycles. The lowest BCUT2D eigenvalue weighted by Crippen LogP contribution is -1.98. The summed E-state index contributed by atoms with van der Waals surface area (Å²) in [7, 11) is 0. The minimum atomic E-state index is 0.488. The summed E-state index contributed by atoms with van der Waals surface area (Å²) < 4.78 is 0. The van der Waals surface area contributed by atoms with E-state index in [1.54, 1.807) is 0 Å². The maximum atomic E-state index is 4.65. The molecule has 2 aromatic heterocycles. The first-order chi connectivity index (χ1) is 7.09. The Morgan fingerprint density at radius 2 is 1.87 bits per heavy atom. The van der Waals surface area contributed by atoms with E-state index in [9.17, 15) is 0 Å². The highest BCUT2D eigenvalue weighted by atomic mass is 14.8. The fourth-order valence-corrected chi connectivity index (χ4v) is 1.84. The SMILES string of the molecule is CC(C)c1cc(C(C)C)c2[nH]ccc2n1. The number of nitrogens with zero attached hydrogens (tertiary/aromatic N) is 1. The molecule has 2 heterocycles. The number of hydrogen-bond acceptors (Lipinski definition) is 1. The van der Waals surface area contributed by atoms with Crippen molar-refractivity contribution in [3.05, 3.63) is 29.6 Å². The molecule has 2 rings (SSSR count). The van der Waals surface area contributed by atoms with Crippen LogP contribution in [-0.4, -0.2) is 9.97 Å². The van der Waals surface area contributed by atoms with Crippen molar-refractivity contribution in [2.45, 2.75) is 39.5 Å². The van der Waals surface area contributed by atoms with Gasteiger partial charge in [-0.15, -0.1) is 0 Å². The van der Waals surface area contributed by atoms with Gasteiger partial charge in [0.05, 0.1) is 11.0 Å². The molecular formula is C13H18N2. The summed E-state index contributed by atoms with van der Waals surface area (Å²) in [4.78, 5) is 7.92. The van der Waals surface area contributed by atoms with E-state index < -0.39 is 0 Å². The first kappa shape index (κ1) is 10.2. The highest BCUT2D eigenvalue weighted by Gasteiger charge is 2.11. The molecule has 0 unspecified atom stereocenters. The van der Waals surface area contributed by atoms with Gasteiger partial charge in [0, 0.05) is 11.9 Å². The Bertz CT molecular complexity index is 466. The molecule has 2 heteroatoms. The summed E-state index contributed by atoms with van der Waals surface area (Å²) in [6.07, 6.45) is 1.97. The van der Waals surface area contributed by atoms with Crippen LogP contribution in [0.3, 0.4) is 0 Å². The number of H-pyrrole nitrogens is 1. The second-order valence-corrected chi connectivity index (χ2v) is 4.68. The van der Waals surface area contributed by atoms with Gasteiger partial charge in [-0.25, -0.2) is 0 Å². The Morgan fingerprint density at radius 3 is 2.47 bits per heavy atom. The van der Waals surface area contributed by atoms with Crippen molar-refractivity contribution in [1.29, 1.82) is 0 Å². The third-order valence-corrected chi connectivity index (χ3v) is 2.78. The second-order valence-electron chi connectivity index (χ2n) is 4.68. The monoisotopic (exact) mass is 202 g/mol. The number of pyridine rings is 1. The van der Waals surface area contributed by atoms with Crippen LogP contribution in [0, 0.1) is 0 Å². The quantitative estimate of drug-likeness (QED) is 0.788. The zero-order valence-electron chi connectivity index (χ0n) is 9.83. The lowest BCUT2D eigenvalue weighted by Gasteiger charge is -2.11. The maximum absolute atomic E-state index is 4.65. The zero-order valence-corrected chi connectivity index (χ0v) is 9.83. The van der Waals surface area contributed by atoms with Gasteiger partial charge in [-0.05, 0) is 29.5 Å². The molecule has 0 amide bonds. The molecule has 0 aliphatic heterocycles. The standard InChI is InChI=1S/C13H18N2/c1-8(2)10-7-12(9(3)4)15-11-5-6-14-13(10)11/h5-9,14H,1-4H3. The molecule has 1 N–H and O–H groups in total. The van der Waals surface area contributed by atoms with E-state index in [0.29, 0.717) is 11.8 Å². The number of aromatic amines is 1. The third kappa shape index (κ3) is 1.76. The molecule has 0 atom stereocenters. The molecule has 0 spiro atoms. The van der Waals surface area contributed by atoms with Crippen LogP contribution in [0.5, 0.6) is 0 Å². The van der Waals surface area contributed by atoms with Gasteiger partial charge < -0.3 is 4.98 Å². The highest BCUT2D eigenvalue weighted by molar-refractivity contribution is 5.79. The Morgan fingerprint density at radius 1 is 1.13 bits per heavy atom. The van der Waals surface area contributed by atoms with Crippen LogP contribution < -0.4 is 0 Å². The van der Waals surface area contributed by atoms with Gasteiger partial charge in [0.1, 0.15) is 0 Å². The topological polar surface area (TPSA) is 28.7 Å². The van der Waals surface area contributed by atoms with Gasteiger partial charge in [0.15, 0.2) is 0 Å². The second kappa shape index (κ2) is 3.69. The number of rotatable bonds is 2. The van der Waals surface area contributed by atoms with Gasteiger partial charge in [-0.3, -0.25) is 4.98 Å². The van der Waals surface area contributed by atoms with Crippen molar-refractivity contribution < 1.29 is 0 Å².